The lowest BCUT2D eigenvalue weighted by Gasteiger charge is -2.12. The average Bonchev–Trinajstić information content (AvgIpc) is 3.16. The number of nitrogens with one attached hydrogen (secondary N) is 2. The Morgan fingerprint density at radius 1 is 1.11 bits per heavy atom. The maximum Gasteiger partial charge on any atom is 0.331 e. The highest BCUT2D eigenvalue weighted by Crippen LogP contribution is 2.27. The number of rotatable bonds is 4. The topological polar surface area (TPSA) is 99.5 Å². The van der Waals surface area contributed by atoms with Crippen LogP contribution in [-0.4, -0.2) is 20.4 Å². The highest BCUT2D eigenvalue weighted by atomic mass is 35.5. The summed E-state index contributed by atoms with van der Waals surface area (Å²) in [6, 6.07) is 16.4. The Balaban J connectivity index is 1.66. The van der Waals surface area contributed by atoms with Crippen molar-refractivity contribution in [2.45, 2.75) is 19.0 Å². The van der Waals surface area contributed by atoms with E-state index in [1.165, 1.54) is 0 Å². The minimum atomic E-state index is -0.670. The molecule has 0 saturated carbocycles. The standard InChI is InChI=1S/C20H17ClN4O3/c21-14-8-6-13(7-9-14)15-10-16(24-23-15)17-18(26)22-20(28)25(19(17)27)11-12-4-2-1-3-5-12/h1-9,15,23,27H,10-11H2,(H,22,26,28). The van der Waals surface area contributed by atoms with Crippen molar-refractivity contribution in [3.8, 4) is 5.88 Å². The van der Waals surface area contributed by atoms with Crippen molar-refractivity contribution >= 4 is 17.3 Å². The second kappa shape index (κ2) is 7.36. The molecule has 1 unspecified atom stereocenters. The van der Waals surface area contributed by atoms with Gasteiger partial charge in [-0.2, -0.15) is 5.10 Å². The largest absolute Gasteiger partial charge is 0.494 e. The Morgan fingerprint density at radius 2 is 1.82 bits per heavy atom. The molecule has 28 heavy (non-hydrogen) atoms. The summed E-state index contributed by atoms with van der Waals surface area (Å²) in [7, 11) is 0. The molecule has 2 heterocycles. The molecule has 3 N–H and O–H groups in total. The van der Waals surface area contributed by atoms with Crippen molar-refractivity contribution in [1.82, 2.24) is 15.0 Å². The van der Waals surface area contributed by atoms with Crippen LogP contribution in [0.2, 0.25) is 5.02 Å². The van der Waals surface area contributed by atoms with E-state index in [1.54, 1.807) is 12.1 Å². The van der Waals surface area contributed by atoms with Crippen molar-refractivity contribution in [3.05, 3.63) is 97.1 Å². The summed E-state index contributed by atoms with van der Waals surface area (Å²) in [5, 5.41) is 15.5. The summed E-state index contributed by atoms with van der Waals surface area (Å²) in [5.41, 5.74) is 3.81. The van der Waals surface area contributed by atoms with Gasteiger partial charge in [-0.25, -0.2) is 4.79 Å². The average molecular weight is 397 g/mol. The number of aromatic amines is 1. The van der Waals surface area contributed by atoms with Gasteiger partial charge in [0.1, 0.15) is 5.56 Å². The van der Waals surface area contributed by atoms with E-state index in [1.807, 2.05) is 42.5 Å². The third kappa shape index (κ3) is 3.44. The smallest absolute Gasteiger partial charge is 0.331 e. The van der Waals surface area contributed by atoms with Crippen LogP contribution in [0.3, 0.4) is 0 Å². The van der Waals surface area contributed by atoms with Gasteiger partial charge in [0.15, 0.2) is 0 Å². The number of H-pyrrole nitrogens is 1. The summed E-state index contributed by atoms with van der Waals surface area (Å²) in [5.74, 6) is -0.394. The van der Waals surface area contributed by atoms with Crippen LogP contribution < -0.4 is 16.7 Å². The fourth-order valence-corrected chi connectivity index (χ4v) is 3.34. The molecular weight excluding hydrogens is 380 g/mol. The monoisotopic (exact) mass is 396 g/mol. The summed E-state index contributed by atoms with van der Waals surface area (Å²) in [6.07, 6.45) is 0.391. The molecule has 0 spiro atoms. The van der Waals surface area contributed by atoms with E-state index in [0.717, 1.165) is 15.7 Å². The van der Waals surface area contributed by atoms with E-state index in [2.05, 4.69) is 15.5 Å². The van der Waals surface area contributed by atoms with Crippen molar-refractivity contribution in [2.24, 2.45) is 5.10 Å². The fraction of sp³-hybridized carbons (Fsp3) is 0.150. The number of aromatic nitrogens is 2. The van der Waals surface area contributed by atoms with Gasteiger partial charge in [0, 0.05) is 11.4 Å². The third-order valence-corrected chi connectivity index (χ3v) is 4.92. The van der Waals surface area contributed by atoms with Gasteiger partial charge in [0.25, 0.3) is 5.56 Å². The molecule has 7 nitrogen and oxygen atoms in total. The van der Waals surface area contributed by atoms with Crippen LogP contribution in [-0.2, 0) is 6.54 Å². The molecule has 0 radical (unpaired) electrons. The van der Waals surface area contributed by atoms with E-state index < -0.39 is 17.1 Å². The van der Waals surface area contributed by atoms with Crippen LogP contribution in [0.15, 0.2) is 69.3 Å². The Labute approximate surface area is 164 Å². The maximum atomic E-state index is 12.4. The molecule has 0 amide bonds. The minimum Gasteiger partial charge on any atom is -0.494 e. The summed E-state index contributed by atoms with van der Waals surface area (Å²) in [4.78, 5) is 26.9. The Morgan fingerprint density at radius 3 is 2.54 bits per heavy atom. The third-order valence-electron chi connectivity index (χ3n) is 4.67. The molecule has 0 fully saturated rings. The highest BCUT2D eigenvalue weighted by molar-refractivity contribution is 6.30. The lowest BCUT2D eigenvalue weighted by atomic mass is 10.00. The zero-order valence-corrected chi connectivity index (χ0v) is 15.5. The van der Waals surface area contributed by atoms with Gasteiger partial charge in [-0.1, -0.05) is 54.1 Å². The SMILES string of the molecule is O=c1[nH]c(=O)n(Cc2ccccc2)c(O)c1C1=NNC(c2ccc(Cl)cc2)C1. The second-order valence-corrected chi connectivity index (χ2v) is 6.96. The first kappa shape index (κ1) is 18.1. The number of hydrogen-bond acceptors (Lipinski definition) is 5. The molecule has 3 aromatic rings. The van der Waals surface area contributed by atoms with Crippen LogP contribution >= 0.6 is 11.6 Å². The summed E-state index contributed by atoms with van der Waals surface area (Å²) in [6.45, 7) is 0.136. The molecule has 1 aliphatic rings. The normalized spacial score (nSPS) is 15.9. The molecule has 0 saturated heterocycles. The van der Waals surface area contributed by atoms with E-state index in [-0.39, 0.29) is 18.2 Å². The molecular formula is C20H17ClN4O3. The number of benzene rings is 2. The summed E-state index contributed by atoms with van der Waals surface area (Å²) >= 11 is 5.92. The number of nitrogens with zero attached hydrogens (tertiary/aromatic N) is 2. The molecule has 0 bridgehead atoms. The summed E-state index contributed by atoms with van der Waals surface area (Å²) < 4.78 is 1.13. The molecule has 0 aliphatic carbocycles. The van der Waals surface area contributed by atoms with E-state index in [9.17, 15) is 14.7 Å². The van der Waals surface area contributed by atoms with Gasteiger partial charge in [0.2, 0.25) is 5.88 Å². The van der Waals surface area contributed by atoms with E-state index >= 15 is 0 Å². The lowest BCUT2D eigenvalue weighted by molar-refractivity contribution is 0.408. The molecule has 1 atom stereocenters. The van der Waals surface area contributed by atoms with Gasteiger partial charge >= 0.3 is 5.69 Å². The molecule has 4 rings (SSSR count). The molecule has 142 valence electrons. The van der Waals surface area contributed by atoms with Crippen LogP contribution in [0, 0.1) is 0 Å². The molecule has 2 aromatic carbocycles. The minimum absolute atomic E-state index is 0.000468. The van der Waals surface area contributed by atoms with Crippen molar-refractivity contribution < 1.29 is 5.11 Å². The van der Waals surface area contributed by atoms with Crippen LogP contribution in [0.25, 0.3) is 0 Å². The number of aromatic hydroxyl groups is 1. The molecule has 1 aromatic heterocycles. The number of hydrogen-bond donors (Lipinski definition) is 3. The number of hydrazone groups is 1. The molecule has 8 heteroatoms. The quantitative estimate of drug-likeness (QED) is 0.630. The number of halogens is 1. The fourth-order valence-electron chi connectivity index (χ4n) is 3.22. The Hall–Kier alpha value is -3.32. The van der Waals surface area contributed by atoms with Gasteiger partial charge in [-0.3, -0.25) is 14.3 Å². The zero-order valence-electron chi connectivity index (χ0n) is 14.7. The Kier molecular flexibility index (Phi) is 4.75. The second-order valence-electron chi connectivity index (χ2n) is 6.53. The zero-order chi connectivity index (χ0) is 19.7. The Bertz CT molecular complexity index is 1150. The van der Waals surface area contributed by atoms with Gasteiger partial charge in [-0.15, -0.1) is 0 Å². The first-order valence-corrected chi connectivity index (χ1v) is 9.08. The van der Waals surface area contributed by atoms with Crippen LogP contribution in [0.5, 0.6) is 5.88 Å². The van der Waals surface area contributed by atoms with Gasteiger partial charge in [0.05, 0.1) is 18.3 Å². The van der Waals surface area contributed by atoms with E-state index in [0.29, 0.717) is 17.2 Å². The molecule has 1 aliphatic heterocycles. The predicted molar refractivity (Wildman–Crippen MR) is 107 cm³/mol. The van der Waals surface area contributed by atoms with E-state index in [4.69, 9.17) is 11.6 Å². The van der Waals surface area contributed by atoms with Gasteiger partial charge in [-0.05, 0) is 23.3 Å². The van der Waals surface area contributed by atoms with Crippen molar-refractivity contribution in [3.63, 3.8) is 0 Å². The van der Waals surface area contributed by atoms with Crippen LogP contribution in [0.4, 0.5) is 0 Å². The predicted octanol–water partition coefficient (Wildman–Crippen LogP) is 2.38. The highest BCUT2D eigenvalue weighted by Gasteiger charge is 2.27. The first-order valence-electron chi connectivity index (χ1n) is 8.71. The van der Waals surface area contributed by atoms with Crippen molar-refractivity contribution in [1.29, 1.82) is 0 Å². The lowest BCUT2D eigenvalue weighted by Crippen LogP contribution is -2.34. The maximum absolute atomic E-state index is 12.4. The van der Waals surface area contributed by atoms with Crippen molar-refractivity contribution in [2.75, 3.05) is 0 Å². The van der Waals surface area contributed by atoms with Crippen LogP contribution in [0.1, 0.15) is 29.2 Å². The first-order chi connectivity index (χ1) is 13.5. The van der Waals surface area contributed by atoms with Gasteiger partial charge < -0.3 is 10.5 Å².